The van der Waals surface area contributed by atoms with Gasteiger partial charge < -0.3 is 15.5 Å². The lowest BCUT2D eigenvalue weighted by Gasteiger charge is -2.31. The molecule has 0 atom stereocenters. The summed E-state index contributed by atoms with van der Waals surface area (Å²) in [5.41, 5.74) is -0.305. The molecule has 0 aromatic rings. The molecule has 0 aromatic heterocycles. The lowest BCUT2D eigenvalue weighted by atomic mass is 9.95. The topological polar surface area (TPSA) is 44.4 Å². The van der Waals surface area contributed by atoms with Crippen LogP contribution in [0.25, 0.3) is 0 Å². The van der Waals surface area contributed by atoms with Gasteiger partial charge in [-0.25, -0.2) is 0 Å². The molecule has 0 unspecified atom stereocenters. The van der Waals surface area contributed by atoms with Crippen molar-refractivity contribution in [3.8, 4) is 0 Å². The molecule has 4 nitrogen and oxygen atoms in total. The van der Waals surface area contributed by atoms with E-state index in [9.17, 15) is 4.79 Å². The highest BCUT2D eigenvalue weighted by molar-refractivity contribution is 5.86. The Hall–Kier alpha value is -0.610. The summed E-state index contributed by atoms with van der Waals surface area (Å²) < 4.78 is 0. The van der Waals surface area contributed by atoms with E-state index in [0.717, 1.165) is 38.8 Å². The first-order valence-corrected chi connectivity index (χ1v) is 6.67. The molecule has 2 N–H and O–H groups in total. The van der Waals surface area contributed by atoms with Crippen LogP contribution in [0.5, 0.6) is 0 Å². The first-order valence-electron chi connectivity index (χ1n) is 6.67. The quantitative estimate of drug-likeness (QED) is 0.728. The zero-order chi connectivity index (χ0) is 12.9. The fourth-order valence-electron chi connectivity index (χ4n) is 2.53. The Balaban J connectivity index is 2.49. The Bertz CT molecular complexity index is 245. The minimum absolute atomic E-state index is 0.186. The molecule has 0 aliphatic heterocycles. The van der Waals surface area contributed by atoms with Crippen molar-refractivity contribution >= 4 is 5.91 Å². The molecule has 100 valence electrons. The maximum atomic E-state index is 12.3. The second-order valence-electron chi connectivity index (χ2n) is 5.65. The van der Waals surface area contributed by atoms with Crippen LogP contribution in [0.4, 0.5) is 0 Å². The van der Waals surface area contributed by atoms with Gasteiger partial charge in [0.2, 0.25) is 5.91 Å². The standard InChI is InChI=1S/C13H27N3O/c1-11(2)15-13(7-5-6-8-13)12(17)14-9-10-16(3)4/h11,15H,5-10H2,1-4H3,(H,14,17). The third-order valence-electron chi connectivity index (χ3n) is 3.30. The molecule has 1 saturated carbocycles. The predicted octanol–water partition coefficient (Wildman–Crippen LogP) is 0.975. The molecule has 0 radical (unpaired) electrons. The third-order valence-corrected chi connectivity index (χ3v) is 3.30. The van der Waals surface area contributed by atoms with Gasteiger partial charge in [0.15, 0.2) is 0 Å². The van der Waals surface area contributed by atoms with E-state index in [2.05, 4.69) is 29.4 Å². The van der Waals surface area contributed by atoms with Crippen LogP contribution in [0.15, 0.2) is 0 Å². The molecular weight excluding hydrogens is 214 g/mol. The third kappa shape index (κ3) is 4.28. The van der Waals surface area contributed by atoms with E-state index in [-0.39, 0.29) is 11.4 Å². The van der Waals surface area contributed by atoms with E-state index >= 15 is 0 Å². The number of carbonyl (C=O) groups excluding carboxylic acids is 1. The Kier molecular flexibility index (Phi) is 5.40. The molecular formula is C13H27N3O. The van der Waals surface area contributed by atoms with Crippen LogP contribution < -0.4 is 10.6 Å². The molecule has 1 aliphatic carbocycles. The minimum Gasteiger partial charge on any atom is -0.353 e. The van der Waals surface area contributed by atoms with Gasteiger partial charge in [0.1, 0.15) is 0 Å². The van der Waals surface area contributed by atoms with Crippen LogP contribution in [0, 0.1) is 0 Å². The van der Waals surface area contributed by atoms with Crippen molar-refractivity contribution in [3.63, 3.8) is 0 Å². The summed E-state index contributed by atoms with van der Waals surface area (Å²) in [5, 5.41) is 6.53. The van der Waals surface area contributed by atoms with E-state index in [1.165, 1.54) is 0 Å². The van der Waals surface area contributed by atoms with E-state index in [0.29, 0.717) is 6.04 Å². The summed E-state index contributed by atoms with van der Waals surface area (Å²) in [4.78, 5) is 14.4. The second kappa shape index (κ2) is 6.36. The van der Waals surface area contributed by atoms with Crippen LogP contribution in [0.2, 0.25) is 0 Å². The van der Waals surface area contributed by atoms with E-state index in [1.807, 2.05) is 14.1 Å². The van der Waals surface area contributed by atoms with Gasteiger partial charge in [0, 0.05) is 19.1 Å². The molecule has 0 heterocycles. The zero-order valence-electron chi connectivity index (χ0n) is 11.7. The van der Waals surface area contributed by atoms with Crippen molar-refractivity contribution in [2.75, 3.05) is 27.2 Å². The molecule has 0 bridgehead atoms. The minimum atomic E-state index is -0.305. The highest BCUT2D eigenvalue weighted by Gasteiger charge is 2.40. The van der Waals surface area contributed by atoms with Crippen LogP contribution in [0.1, 0.15) is 39.5 Å². The Morgan fingerprint density at radius 1 is 1.29 bits per heavy atom. The zero-order valence-corrected chi connectivity index (χ0v) is 11.7. The largest absolute Gasteiger partial charge is 0.353 e. The van der Waals surface area contributed by atoms with Crippen molar-refractivity contribution < 1.29 is 4.79 Å². The van der Waals surface area contributed by atoms with Crippen molar-refractivity contribution in [3.05, 3.63) is 0 Å². The van der Waals surface area contributed by atoms with Crippen molar-refractivity contribution in [1.82, 2.24) is 15.5 Å². The molecule has 1 amide bonds. The number of nitrogens with one attached hydrogen (secondary N) is 2. The number of hydrogen-bond acceptors (Lipinski definition) is 3. The summed E-state index contributed by atoms with van der Waals surface area (Å²) in [7, 11) is 4.04. The number of rotatable bonds is 6. The predicted molar refractivity (Wildman–Crippen MR) is 71.0 cm³/mol. The van der Waals surface area contributed by atoms with Gasteiger partial charge in [-0.05, 0) is 40.8 Å². The van der Waals surface area contributed by atoms with Gasteiger partial charge in [-0.3, -0.25) is 4.79 Å². The summed E-state index contributed by atoms with van der Waals surface area (Å²) in [6.07, 6.45) is 4.25. The van der Waals surface area contributed by atoms with Gasteiger partial charge in [-0.15, -0.1) is 0 Å². The van der Waals surface area contributed by atoms with Gasteiger partial charge in [0.05, 0.1) is 5.54 Å². The van der Waals surface area contributed by atoms with Gasteiger partial charge >= 0.3 is 0 Å². The van der Waals surface area contributed by atoms with E-state index in [1.54, 1.807) is 0 Å². The maximum Gasteiger partial charge on any atom is 0.240 e. The lowest BCUT2D eigenvalue weighted by molar-refractivity contribution is -0.127. The SMILES string of the molecule is CC(C)NC1(C(=O)NCCN(C)C)CCCC1. The Morgan fingerprint density at radius 3 is 2.35 bits per heavy atom. The number of hydrogen-bond donors (Lipinski definition) is 2. The number of nitrogens with zero attached hydrogens (tertiary/aromatic N) is 1. The first-order chi connectivity index (χ1) is 7.96. The summed E-state index contributed by atoms with van der Waals surface area (Å²) >= 11 is 0. The van der Waals surface area contributed by atoms with Gasteiger partial charge in [-0.1, -0.05) is 12.8 Å². The Labute approximate surface area is 105 Å². The van der Waals surface area contributed by atoms with Crippen molar-refractivity contribution in [1.29, 1.82) is 0 Å². The Morgan fingerprint density at radius 2 is 1.88 bits per heavy atom. The summed E-state index contributed by atoms with van der Waals surface area (Å²) in [5.74, 6) is 0.186. The summed E-state index contributed by atoms with van der Waals surface area (Å²) in [6, 6.07) is 0.354. The van der Waals surface area contributed by atoms with Gasteiger partial charge in [-0.2, -0.15) is 0 Å². The van der Waals surface area contributed by atoms with Crippen LogP contribution in [-0.4, -0.2) is 49.6 Å². The smallest absolute Gasteiger partial charge is 0.240 e. The maximum absolute atomic E-state index is 12.3. The van der Waals surface area contributed by atoms with E-state index in [4.69, 9.17) is 0 Å². The average Bonchev–Trinajstić information content (AvgIpc) is 2.65. The highest BCUT2D eigenvalue weighted by Crippen LogP contribution is 2.30. The number of carbonyl (C=O) groups is 1. The number of amides is 1. The fourth-order valence-corrected chi connectivity index (χ4v) is 2.53. The average molecular weight is 241 g/mol. The molecule has 4 heteroatoms. The molecule has 1 aliphatic rings. The fraction of sp³-hybridized carbons (Fsp3) is 0.923. The normalized spacial score (nSPS) is 18.9. The van der Waals surface area contributed by atoms with Gasteiger partial charge in [0.25, 0.3) is 0 Å². The highest BCUT2D eigenvalue weighted by atomic mass is 16.2. The van der Waals surface area contributed by atoms with Crippen molar-refractivity contribution in [2.24, 2.45) is 0 Å². The first kappa shape index (κ1) is 14.5. The number of likely N-dealkylation sites (N-methyl/N-ethyl adjacent to an activating group) is 1. The molecule has 0 saturated heterocycles. The molecule has 0 aromatic carbocycles. The second-order valence-corrected chi connectivity index (χ2v) is 5.65. The molecule has 0 spiro atoms. The van der Waals surface area contributed by atoms with Crippen LogP contribution in [0.3, 0.4) is 0 Å². The van der Waals surface area contributed by atoms with E-state index < -0.39 is 0 Å². The molecule has 1 rings (SSSR count). The summed E-state index contributed by atoms with van der Waals surface area (Å²) in [6.45, 7) is 5.83. The van der Waals surface area contributed by atoms with Crippen LogP contribution in [-0.2, 0) is 4.79 Å². The lowest BCUT2D eigenvalue weighted by Crippen LogP contribution is -2.57. The molecule has 1 fully saturated rings. The van der Waals surface area contributed by atoms with Crippen LogP contribution >= 0.6 is 0 Å². The van der Waals surface area contributed by atoms with Crippen molar-refractivity contribution in [2.45, 2.75) is 51.1 Å². The monoisotopic (exact) mass is 241 g/mol. The molecule has 17 heavy (non-hydrogen) atoms.